The van der Waals surface area contributed by atoms with Gasteiger partial charge in [0.25, 0.3) is 10.2 Å². The lowest BCUT2D eigenvalue weighted by atomic mass is 10.1. The minimum atomic E-state index is -3.81. The summed E-state index contributed by atoms with van der Waals surface area (Å²) >= 11 is 0. The van der Waals surface area contributed by atoms with E-state index in [1.165, 1.54) is 0 Å². The fourth-order valence-corrected chi connectivity index (χ4v) is 3.12. The average molecular weight is 279 g/mol. The molecule has 0 radical (unpaired) electrons. The molecule has 0 aromatic rings. The summed E-state index contributed by atoms with van der Waals surface area (Å²) in [4.78, 5) is 22.2. The SMILES string of the molecule is CCCNS(=O)(=O)N1CCNC(=O)C1CC(=O)O. The van der Waals surface area contributed by atoms with Crippen LogP contribution in [0.5, 0.6) is 0 Å². The Balaban J connectivity index is 2.88. The molecule has 104 valence electrons. The van der Waals surface area contributed by atoms with E-state index in [-0.39, 0.29) is 19.6 Å². The number of amides is 1. The fourth-order valence-electron chi connectivity index (χ4n) is 1.66. The first-order chi connectivity index (χ1) is 8.38. The molecular weight excluding hydrogens is 262 g/mol. The van der Waals surface area contributed by atoms with Crippen LogP contribution in [0.3, 0.4) is 0 Å². The van der Waals surface area contributed by atoms with E-state index < -0.39 is 34.5 Å². The van der Waals surface area contributed by atoms with Gasteiger partial charge in [0.2, 0.25) is 5.91 Å². The van der Waals surface area contributed by atoms with Crippen LogP contribution in [0, 0.1) is 0 Å². The van der Waals surface area contributed by atoms with E-state index in [4.69, 9.17) is 5.11 Å². The van der Waals surface area contributed by atoms with E-state index >= 15 is 0 Å². The van der Waals surface area contributed by atoms with Crippen molar-refractivity contribution in [2.24, 2.45) is 0 Å². The van der Waals surface area contributed by atoms with E-state index in [0.717, 1.165) is 4.31 Å². The first-order valence-electron chi connectivity index (χ1n) is 5.64. The fraction of sp³-hybridized carbons (Fsp3) is 0.778. The molecule has 9 heteroatoms. The second-order valence-corrected chi connectivity index (χ2v) is 5.62. The molecule has 1 aliphatic heterocycles. The van der Waals surface area contributed by atoms with Crippen molar-refractivity contribution >= 4 is 22.1 Å². The molecule has 0 aromatic heterocycles. The van der Waals surface area contributed by atoms with Crippen LogP contribution >= 0.6 is 0 Å². The zero-order valence-corrected chi connectivity index (χ0v) is 10.9. The van der Waals surface area contributed by atoms with Crippen LogP contribution in [-0.4, -0.2) is 55.4 Å². The number of nitrogens with one attached hydrogen (secondary N) is 2. The van der Waals surface area contributed by atoms with Crippen molar-refractivity contribution in [1.29, 1.82) is 0 Å². The summed E-state index contributed by atoms with van der Waals surface area (Å²) in [6.07, 6.45) is 0.0712. The lowest BCUT2D eigenvalue weighted by molar-refractivity contribution is -0.141. The van der Waals surface area contributed by atoms with Gasteiger partial charge in [0, 0.05) is 19.6 Å². The van der Waals surface area contributed by atoms with Crippen LogP contribution in [-0.2, 0) is 19.8 Å². The van der Waals surface area contributed by atoms with Crippen molar-refractivity contribution in [3.8, 4) is 0 Å². The van der Waals surface area contributed by atoms with Gasteiger partial charge in [-0.3, -0.25) is 9.59 Å². The number of hydrogen-bond donors (Lipinski definition) is 3. The Bertz CT molecular complexity index is 422. The number of nitrogens with zero attached hydrogens (tertiary/aromatic N) is 1. The molecule has 1 aliphatic rings. The van der Waals surface area contributed by atoms with E-state index in [2.05, 4.69) is 10.0 Å². The first kappa shape index (κ1) is 14.9. The minimum Gasteiger partial charge on any atom is -0.481 e. The number of carbonyl (C=O) groups is 2. The van der Waals surface area contributed by atoms with Gasteiger partial charge in [-0.25, -0.2) is 4.72 Å². The Morgan fingerprint density at radius 2 is 2.28 bits per heavy atom. The Kier molecular flexibility index (Phi) is 5.05. The third-order valence-electron chi connectivity index (χ3n) is 2.49. The van der Waals surface area contributed by atoms with Gasteiger partial charge < -0.3 is 10.4 Å². The number of carboxylic acids is 1. The largest absolute Gasteiger partial charge is 0.481 e. The number of carboxylic acid groups (broad SMARTS) is 1. The standard InChI is InChI=1S/C9H17N3O5S/c1-2-3-11-18(16,17)12-5-4-10-9(15)7(12)6-8(13)14/h7,11H,2-6H2,1H3,(H,10,15)(H,13,14). The second-order valence-electron chi connectivity index (χ2n) is 3.91. The van der Waals surface area contributed by atoms with Crippen molar-refractivity contribution in [2.45, 2.75) is 25.8 Å². The molecule has 0 spiro atoms. The van der Waals surface area contributed by atoms with Crippen LogP contribution in [0.1, 0.15) is 19.8 Å². The van der Waals surface area contributed by atoms with Crippen LogP contribution in [0.15, 0.2) is 0 Å². The highest BCUT2D eigenvalue weighted by Gasteiger charge is 2.38. The van der Waals surface area contributed by atoms with Gasteiger partial charge in [-0.05, 0) is 6.42 Å². The summed E-state index contributed by atoms with van der Waals surface area (Å²) in [5.74, 6) is -1.79. The molecule has 1 amide bonds. The molecule has 0 aliphatic carbocycles. The van der Waals surface area contributed by atoms with Crippen LogP contribution < -0.4 is 10.0 Å². The zero-order valence-electron chi connectivity index (χ0n) is 10.0. The summed E-state index contributed by atoms with van der Waals surface area (Å²) in [5, 5.41) is 11.2. The van der Waals surface area contributed by atoms with E-state index in [0.29, 0.717) is 6.42 Å². The molecule has 1 heterocycles. The maximum Gasteiger partial charge on any atom is 0.305 e. The molecule has 8 nitrogen and oxygen atoms in total. The van der Waals surface area contributed by atoms with Gasteiger partial charge in [0.05, 0.1) is 6.42 Å². The molecule has 18 heavy (non-hydrogen) atoms. The number of piperazine rings is 1. The second kappa shape index (κ2) is 6.12. The molecule has 0 aromatic carbocycles. The molecule has 0 bridgehead atoms. The zero-order chi connectivity index (χ0) is 13.8. The van der Waals surface area contributed by atoms with E-state index in [1.807, 2.05) is 0 Å². The van der Waals surface area contributed by atoms with E-state index in [9.17, 15) is 18.0 Å². The van der Waals surface area contributed by atoms with Crippen molar-refractivity contribution < 1.29 is 23.1 Å². The monoisotopic (exact) mass is 279 g/mol. The molecule has 1 rings (SSSR count). The minimum absolute atomic E-state index is 0.0722. The summed E-state index contributed by atoms with van der Waals surface area (Å²) < 4.78 is 27.1. The van der Waals surface area contributed by atoms with Crippen molar-refractivity contribution in [1.82, 2.24) is 14.3 Å². The van der Waals surface area contributed by atoms with Crippen molar-refractivity contribution in [2.75, 3.05) is 19.6 Å². The predicted molar refractivity (Wildman–Crippen MR) is 63.0 cm³/mol. The highest BCUT2D eigenvalue weighted by Crippen LogP contribution is 2.12. The van der Waals surface area contributed by atoms with Gasteiger partial charge in [-0.2, -0.15) is 12.7 Å². The van der Waals surface area contributed by atoms with Gasteiger partial charge >= 0.3 is 5.97 Å². The lowest BCUT2D eigenvalue weighted by Gasteiger charge is -2.33. The third kappa shape index (κ3) is 3.65. The van der Waals surface area contributed by atoms with Crippen LogP contribution in [0.25, 0.3) is 0 Å². The molecular formula is C9H17N3O5S. The van der Waals surface area contributed by atoms with Gasteiger partial charge in [-0.1, -0.05) is 6.92 Å². The smallest absolute Gasteiger partial charge is 0.305 e. The van der Waals surface area contributed by atoms with Gasteiger partial charge in [0.15, 0.2) is 0 Å². The Morgan fingerprint density at radius 3 is 2.83 bits per heavy atom. The summed E-state index contributed by atoms with van der Waals surface area (Å²) in [6.45, 7) is 2.31. The van der Waals surface area contributed by atoms with Crippen molar-refractivity contribution in [3.05, 3.63) is 0 Å². The van der Waals surface area contributed by atoms with Crippen LogP contribution in [0.4, 0.5) is 0 Å². The van der Waals surface area contributed by atoms with Crippen molar-refractivity contribution in [3.63, 3.8) is 0 Å². The molecule has 3 N–H and O–H groups in total. The maximum absolute atomic E-state index is 11.9. The molecule has 1 saturated heterocycles. The summed E-state index contributed by atoms with van der Waals surface area (Å²) in [7, 11) is -3.81. The Morgan fingerprint density at radius 1 is 1.61 bits per heavy atom. The normalized spacial score (nSPS) is 21.6. The molecule has 1 unspecified atom stereocenters. The molecule has 1 fully saturated rings. The molecule has 1 atom stereocenters. The van der Waals surface area contributed by atoms with Crippen LogP contribution in [0.2, 0.25) is 0 Å². The predicted octanol–water partition coefficient (Wildman–Crippen LogP) is -1.49. The average Bonchev–Trinajstić information content (AvgIpc) is 2.28. The summed E-state index contributed by atoms with van der Waals surface area (Å²) in [5.41, 5.74) is 0. The highest BCUT2D eigenvalue weighted by atomic mass is 32.2. The quantitative estimate of drug-likeness (QED) is 0.547. The number of carbonyl (C=O) groups excluding carboxylic acids is 1. The number of rotatable bonds is 6. The highest BCUT2D eigenvalue weighted by molar-refractivity contribution is 7.87. The Labute approximate surface area is 106 Å². The topological polar surface area (TPSA) is 116 Å². The first-order valence-corrected chi connectivity index (χ1v) is 7.08. The third-order valence-corrected chi connectivity index (χ3v) is 4.12. The van der Waals surface area contributed by atoms with Gasteiger partial charge in [-0.15, -0.1) is 0 Å². The molecule has 0 saturated carbocycles. The number of hydrogen-bond acceptors (Lipinski definition) is 4. The van der Waals surface area contributed by atoms with E-state index in [1.54, 1.807) is 6.92 Å². The lowest BCUT2D eigenvalue weighted by Crippen LogP contribution is -2.60. The Hall–Kier alpha value is -1.19. The number of aliphatic carboxylic acids is 1. The summed E-state index contributed by atoms with van der Waals surface area (Å²) in [6, 6.07) is -1.19. The van der Waals surface area contributed by atoms with Gasteiger partial charge in [0.1, 0.15) is 6.04 Å². The maximum atomic E-state index is 11.9.